The highest BCUT2D eigenvalue weighted by molar-refractivity contribution is 8.85. The highest BCUT2D eigenvalue weighted by Crippen LogP contribution is 2.34. The molecular formula is C7H6ClNO2S2. The Kier molecular flexibility index (Phi) is 4.27. The van der Waals surface area contributed by atoms with Gasteiger partial charge in [0, 0.05) is 20.6 Å². The summed E-state index contributed by atoms with van der Waals surface area (Å²) in [6, 6.07) is 6.96. The molecule has 0 aliphatic rings. The molecular weight excluding hydrogens is 230 g/mol. The van der Waals surface area contributed by atoms with Crippen LogP contribution in [0.25, 0.3) is 0 Å². The molecule has 13 heavy (non-hydrogen) atoms. The third-order valence-electron chi connectivity index (χ3n) is 1.23. The van der Waals surface area contributed by atoms with Gasteiger partial charge in [-0.1, -0.05) is 0 Å². The number of anilines is 1. The van der Waals surface area contributed by atoms with Crippen molar-refractivity contribution < 1.29 is 9.90 Å². The number of hydrogen-bond donors (Lipinski definition) is 2. The summed E-state index contributed by atoms with van der Waals surface area (Å²) in [4.78, 5) is 11.2. The fraction of sp³-hybridized carbons (Fsp3) is 0. The lowest BCUT2D eigenvalue weighted by molar-refractivity contribution is 0.210. The Hall–Kier alpha value is -0.520. The molecule has 0 heterocycles. The summed E-state index contributed by atoms with van der Waals surface area (Å²) in [6.07, 6.45) is -1.06. The van der Waals surface area contributed by atoms with E-state index in [9.17, 15) is 4.79 Å². The van der Waals surface area contributed by atoms with Crippen molar-refractivity contribution >= 4 is 43.3 Å². The van der Waals surface area contributed by atoms with Crippen LogP contribution in [0.15, 0.2) is 29.2 Å². The first-order valence-corrected chi connectivity index (χ1v) is 6.25. The van der Waals surface area contributed by atoms with Gasteiger partial charge in [0.2, 0.25) is 0 Å². The van der Waals surface area contributed by atoms with Crippen LogP contribution in [0.1, 0.15) is 0 Å². The van der Waals surface area contributed by atoms with Gasteiger partial charge < -0.3 is 5.11 Å². The minimum absolute atomic E-state index is 0.552. The minimum atomic E-state index is -1.06. The third kappa shape index (κ3) is 3.80. The van der Waals surface area contributed by atoms with E-state index in [-0.39, 0.29) is 0 Å². The number of carbonyl (C=O) groups is 1. The van der Waals surface area contributed by atoms with E-state index in [2.05, 4.69) is 5.32 Å². The van der Waals surface area contributed by atoms with Crippen LogP contribution in [0.5, 0.6) is 0 Å². The predicted molar refractivity (Wildman–Crippen MR) is 57.4 cm³/mol. The van der Waals surface area contributed by atoms with Crippen LogP contribution in [-0.4, -0.2) is 11.2 Å². The second-order valence-electron chi connectivity index (χ2n) is 2.10. The van der Waals surface area contributed by atoms with E-state index in [1.54, 1.807) is 24.3 Å². The van der Waals surface area contributed by atoms with Crippen molar-refractivity contribution in [2.24, 2.45) is 0 Å². The number of carboxylic acid groups (broad SMARTS) is 1. The number of benzene rings is 1. The van der Waals surface area contributed by atoms with Crippen LogP contribution in [0.2, 0.25) is 0 Å². The fourth-order valence-electron chi connectivity index (χ4n) is 0.754. The van der Waals surface area contributed by atoms with Crippen LogP contribution >= 0.6 is 31.5 Å². The van der Waals surface area contributed by atoms with Crippen molar-refractivity contribution in [2.75, 3.05) is 5.32 Å². The summed E-state index contributed by atoms with van der Waals surface area (Å²) in [5.41, 5.74) is 0.552. The highest BCUT2D eigenvalue weighted by Gasteiger charge is 1.97. The van der Waals surface area contributed by atoms with E-state index in [0.29, 0.717) is 5.69 Å². The van der Waals surface area contributed by atoms with Gasteiger partial charge in [0.05, 0.1) is 0 Å². The quantitative estimate of drug-likeness (QED) is 0.785. The zero-order chi connectivity index (χ0) is 9.68. The first kappa shape index (κ1) is 10.6. The lowest BCUT2D eigenvalue weighted by Crippen LogP contribution is -2.06. The molecule has 0 fully saturated rings. The normalized spacial score (nSPS) is 9.62. The molecule has 0 saturated heterocycles. The summed E-state index contributed by atoms with van der Waals surface area (Å²) in [5, 5.41) is 10.6. The van der Waals surface area contributed by atoms with E-state index in [1.807, 2.05) is 0 Å². The molecule has 1 aromatic carbocycles. The van der Waals surface area contributed by atoms with Gasteiger partial charge in [-0.25, -0.2) is 4.79 Å². The molecule has 0 saturated carbocycles. The van der Waals surface area contributed by atoms with Gasteiger partial charge in [-0.3, -0.25) is 5.32 Å². The predicted octanol–water partition coefficient (Wildman–Crippen LogP) is 3.67. The van der Waals surface area contributed by atoms with Gasteiger partial charge in [0.15, 0.2) is 0 Å². The Morgan fingerprint density at radius 3 is 2.46 bits per heavy atom. The molecule has 0 unspecified atom stereocenters. The second-order valence-corrected chi connectivity index (χ2v) is 4.88. The van der Waals surface area contributed by atoms with Gasteiger partial charge in [-0.15, -0.1) is 0 Å². The molecule has 0 aromatic heterocycles. The van der Waals surface area contributed by atoms with Gasteiger partial charge in [-0.05, 0) is 45.7 Å². The lowest BCUT2D eigenvalue weighted by atomic mass is 10.3. The summed E-state index contributed by atoms with van der Waals surface area (Å²) in [7, 11) is 7.97. The summed E-state index contributed by atoms with van der Waals surface area (Å²) >= 11 is 0. The standard InChI is InChI=1S/C7H6ClNO2S2/c8-13-12-6-3-1-5(2-4-6)9-7(10)11/h1-4,9H,(H,10,11). The summed E-state index contributed by atoms with van der Waals surface area (Å²) < 4.78 is 0. The van der Waals surface area contributed by atoms with E-state index in [1.165, 1.54) is 10.8 Å². The van der Waals surface area contributed by atoms with Gasteiger partial charge in [-0.2, -0.15) is 0 Å². The number of halogens is 1. The van der Waals surface area contributed by atoms with Crippen LogP contribution in [0.4, 0.5) is 10.5 Å². The van der Waals surface area contributed by atoms with Crippen LogP contribution in [0.3, 0.4) is 0 Å². The van der Waals surface area contributed by atoms with Gasteiger partial charge in [0.25, 0.3) is 0 Å². The van der Waals surface area contributed by atoms with Crippen molar-refractivity contribution in [1.29, 1.82) is 0 Å². The molecule has 0 radical (unpaired) electrons. The van der Waals surface area contributed by atoms with E-state index in [4.69, 9.17) is 15.8 Å². The monoisotopic (exact) mass is 235 g/mol. The largest absolute Gasteiger partial charge is 0.465 e. The zero-order valence-electron chi connectivity index (χ0n) is 6.36. The smallest absolute Gasteiger partial charge is 0.409 e. The van der Waals surface area contributed by atoms with E-state index in [0.717, 1.165) is 14.9 Å². The van der Waals surface area contributed by atoms with Crippen molar-refractivity contribution in [2.45, 2.75) is 4.90 Å². The molecule has 1 rings (SSSR count). The Morgan fingerprint density at radius 1 is 1.38 bits per heavy atom. The van der Waals surface area contributed by atoms with Crippen molar-refractivity contribution in [1.82, 2.24) is 0 Å². The molecule has 1 aromatic rings. The number of rotatable bonds is 3. The molecule has 0 spiro atoms. The SMILES string of the molecule is O=C(O)Nc1ccc(SSCl)cc1. The topological polar surface area (TPSA) is 49.3 Å². The summed E-state index contributed by atoms with van der Waals surface area (Å²) in [6.45, 7) is 0. The molecule has 0 aliphatic heterocycles. The van der Waals surface area contributed by atoms with Crippen molar-refractivity contribution in [3.05, 3.63) is 24.3 Å². The molecule has 0 aliphatic carbocycles. The average molecular weight is 236 g/mol. The Balaban J connectivity index is 2.64. The molecule has 3 nitrogen and oxygen atoms in total. The lowest BCUT2D eigenvalue weighted by Gasteiger charge is -2.00. The molecule has 2 N–H and O–H groups in total. The Morgan fingerprint density at radius 2 is 2.00 bits per heavy atom. The van der Waals surface area contributed by atoms with Crippen LogP contribution < -0.4 is 5.32 Å². The number of nitrogens with one attached hydrogen (secondary N) is 1. The van der Waals surface area contributed by atoms with Crippen LogP contribution in [0, 0.1) is 0 Å². The molecule has 0 atom stereocenters. The van der Waals surface area contributed by atoms with Crippen molar-refractivity contribution in [3.8, 4) is 0 Å². The van der Waals surface area contributed by atoms with Crippen LogP contribution in [-0.2, 0) is 0 Å². The number of amides is 1. The zero-order valence-corrected chi connectivity index (χ0v) is 8.75. The maximum absolute atomic E-state index is 10.2. The first-order valence-electron chi connectivity index (χ1n) is 3.27. The number of hydrogen-bond acceptors (Lipinski definition) is 3. The summed E-state index contributed by atoms with van der Waals surface area (Å²) in [5.74, 6) is 0. The molecule has 6 heteroatoms. The Labute approximate surface area is 87.8 Å². The maximum atomic E-state index is 10.2. The second kappa shape index (κ2) is 5.26. The Bertz CT molecular complexity index is 291. The van der Waals surface area contributed by atoms with Gasteiger partial charge >= 0.3 is 6.09 Å². The third-order valence-corrected chi connectivity index (χ3v) is 3.09. The van der Waals surface area contributed by atoms with Gasteiger partial charge in [0.1, 0.15) is 0 Å². The maximum Gasteiger partial charge on any atom is 0.409 e. The highest BCUT2D eigenvalue weighted by atomic mass is 35.7. The molecule has 0 bridgehead atoms. The molecule has 70 valence electrons. The first-order chi connectivity index (χ1) is 6.22. The average Bonchev–Trinajstić information content (AvgIpc) is 2.08. The minimum Gasteiger partial charge on any atom is -0.465 e. The molecule has 1 amide bonds. The van der Waals surface area contributed by atoms with Crippen molar-refractivity contribution in [3.63, 3.8) is 0 Å². The fourth-order valence-corrected chi connectivity index (χ4v) is 2.28. The van der Waals surface area contributed by atoms with E-state index >= 15 is 0 Å². The van der Waals surface area contributed by atoms with E-state index < -0.39 is 6.09 Å².